The maximum absolute atomic E-state index is 12.2. The third kappa shape index (κ3) is 4.34. The van der Waals surface area contributed by atoms with E-state index in [9.17, 15) is 13.2 Å². The Labute approximate surface area is 155 Å². The van der Waals surface area contributed by atoms with Crippen LogP contribution in [-0.4, -0.2) is 39.7 Å². The van der Waals surface area contributed by atoms with Gasteiger partial charge >= 0.3 is 0 Å². The van der Waals surface area contributed by atoms with Crippen LogP contribution in [0.5, 0.6) is 0 Å². The number of nitrogens with one attached hydrogen (secondary N) is 1. The van der Waals surface area contributed by atoms with E-state index in [1.807, 2.05) is 24.3 Å². The van der Waals surface area contributed by atoms with Gasteiger partial charge in [-0.2, -0.15) is 0 Å². The van der Waals surface area contributed by atoms with Crippen molar-refractivity contribution in [2.45, 2.75) is 43.6 Å². The Balaban J connectivity index is 0.00000225. The van der Waals surface area contributed by atoms with Gasteiger partial charge in [0.25, 0.3) is 0 Å². The zero-order valence-electron chi connectivity index (χ0n) is 14.4. The van der Waals surface area contributed by atoms with Gasteiger partial charge in [0, 0.05) is 24.2 Å². The monoisotopic (exact) mass is 387 g/mol. The molecule has 140 valence electrons. The zero-order valence-corrected chi connectivity index (χ0v) is 16.0. The molecule has 2 fully saturated rings. The smallest absolute Gasteiger partial charge is 0.243 e. The van der Waals surface area contributed by atoms with Crippen molar-refractivity contribution in [2.75, 3.05) is 24.2 Å². The standard InChI is InChI=1S/C17H25N3O3S.ClH/c1-24(22,23)19-12-17(9-3-10-17)13-5-7-14(8-6-13)20-11-2-4-15(18)16(20)21;/h5-8,15,19H,2-4,9-12,18H2,1H3;1H. The minimum Gasteiger partial charge on any atom is -0.320 e. The van der Waals surface area contributed by atoms with Crippen LogP contribution in [0.2, 0.25) is 0 Å². The number of anilines is 1. The molecule has 1 heterocycles. The highest BCUT2D eigenvalue weighted by Crippen LogP contribution is 2.43. The Kier molecular flexibility index (Phi) is 6.14. The molecule has 2 aliphatic rings. The second-order valence-electron chi connectivity index (χ2n) is 7.01. The number of amides is 1. The highest BCUT2D eigenvalue weighted by atomic mass is 35.5. The summed E-state index contributed by atoms with van der Waals surface area (Å²) in [5.74, 6) is -0.0221. The van der Waals surface area contributed by atoms with E-state index in [2.05, 4.69) is 4.72 Å². The first-order valence-corrected chi connectivity index (χ1v) is 10.3. The molecule has 1 saturated heterocycles. The summed E-state index contributed by atoms with van der Waals surface area (Å²) in [5, 5.41) is 0. The number of piperidine rings is 1. The number of nitrogens with two attached hydrogens (primary N) is 1. The summed E-state index contributed by atoms with van der Waals surface area (Å²) in [4.78, 5) is 14.0. The van der Waals surface area contributed by atoms with Gasteiger partial charge in [-0.15, -0.1) is 12.4 Å². The van der Waals surface area contributed by atoms with Crippen molar-refractivity contribution in [1.82, 2.24) is 4.72 Å². The van der Waals surface area contributed by atoms with E-state index in [0.29, 0.717) is 13.1 Å². The van der Waals surface area contributed by atoms with Crippen molar-refractivity contribution in [3.63, 3.8) is 0 Å². The molecule has 6 nitrogen and oxygen atoms in total. The van der Waals surface area contributed by atoms with Crippen LogP contribution < -0.4 is 15.4 Å². The molecule has 1 amide bonds. The van der Waals surface area contributed by atoms with Gasteiger partial charge in [-0.3, -0.25) is 4.79 Å². The number of nitrogens with zero attached hydrogens (tertiary/aromatic N) is 1. The number of carbonyl (C=O) groups excluding carboxylic acids is 1. The third-order valence-corrected chi connectivity index (χ3v) is 5.92. The van der Waals surface area contributed by atoms with Crippen molar-refractivity contribution < 1.29 is 13.2 Å². The maximum atomic E-state index is 12.2. The van der Waals surface area contributed by atoms with E-state index in [4.69, 9.17) is 5.73 Å². The Morgan fingerprint density at radius 3 is 2.40 bits per heavy atom. The molecule has 25 heavy (non-hydrogen) atoms. The molecule has 1 aliphatic carbocycles. The fourth-order valence-electron chi connectivity index (χ4n) is 3.59. The topological polar surface area (TPSA) is 92.5 Å². The third-order valence-electron chi connectivity index (χ3n) is 5.25. The Morgan fingerprint density at radius 1 is 1.24 bits per heavy atom. The summed E-state index contributed by atoms with van der Waals surface area (Å²) in [7, 11) is -3.20. The summed E-state index contributed by atoms with van der Waals surface area (Å²) < 4.78 is 25.5. The van der Waals surface area contributed by atoms with Gasteiger partial charge in [-0.05, 0) is 43.4 Å². The molecule has 1 atom stereocenters. The van der Waals surface area contributed by atoms with Gasteiger partial charge in [-0.1, -0.05) is 18.6 Å². The fourth-order valence-corrected chi connectivity index (χ4v) is 4.13. The molecule has 8 heteroatoms. The van der Waals surface area contributed by atoms with Crippen LogP contribution in [0.15, 0.2) is 24.3 Å². The van der Waals surface area contributed by atoms with Gasteiger partial charge in [0.2, 0.25) is 15.9 Å². The zero-order chi connectivity index (χ0) is 17.4. The van der Waals surface area contributed by atoms with Crippen molar-refractivity contribution in [3.05, 3.63) is 29.8 Å². The lowest BCUT2D eigenvalue weighted by atomic mass is 9.64. The van der Waals surface area contributed by atoms with Crippen molar-refractivity contribution in [2.24, 2.45) is 5.73 Å². The second-order valence-corrected chi connectivity index (χ2v) is 8.85. The van der Waals surface area contributed by atoms with E-state index in [1.54, 1.807) is 4.90 Å². The first kappa shape index (κ1) is 20.2. The molecule has 1 aromatic carbocycles. The first-order chi connectivity index (χ1) is 11.3. The van der Waals surface area contributed by atoms with Crippen molar-refractivity contribution in [3.8, 4) is 0 Å². The predicted octanol–water partition coefficient (Wildman–Crippen LogP) is 1.53. The van der Waals surface area contributed by atoms with Gasteiger partial charge in [0.05, 0.1) is 12.3 Å². The van der Waals surface area contributed by atoms with E-state index in [-0.39, 0.29) is 23.7 Å². The molecule has 0 aromatic heterocycles. The normalized spacial score (nSPS) is 22.9. The van der Waals surface area contributed by atoms with Gasteiger partial charge in [0.15, 0.2) is 0 Å². The van der Waals surface area contributed by atoms with Gasteiger partial charge < -0.3 is 10.6 Å². The average Bonchev–Trinajstić information content (AvgIpc) is 2.49. The van der Waals surface area contributed by atoms with E-state index < -0.39 is 16.1 Å². The summed E-state index contributed by atoms with van der Waals surface area (Å²) in [6.45, 7) is 1.13. The van der Waals surface area contributed by atoms with Crippen LogP contribution in [0.25, 0.3) is 0 Å². The van der Waals surface area contributed by atoms with Crippen LogP contribution in [0, 0.1) is 0 Å². The molecule has 0 spiro atoms. The highest BCUT2D eigenvalue weighted by molar-refractivity contribution is 7.88. The highest BCUT2D eigenvalue weighted by Gasteiger charge is 2.39. The molecule has 3 N–H and O–H groups in total. The molecule has 1 aromatic rings. The largest absolute Gasteiger partial charge is 0.320 e. The molecule has 0 bridgehead atoms. The van der Waals surface area contributed by atoms with Crippen LogP contribution in [-0.2, 0) is 20.2 Å². The Hall–Kier alpha value is -1.15. The summed E-state index contributed by atoms with van der Waals surface area (Å²) in [5.41, 5.74) is 7.73. The summed E-state index contributed by atoms with van der Waals surface area (Å²) in [6.07, 6.45) is 5.90. The van der Waals surface area contributed by atoms with Gasteiger partial charge in [0.1, 0.15) is 0 Å². The lowest BCUT2D eigenvalue weighted by Gasteiger charge is -2.42. The first-order valence-electron chi connectivity index (χ1n) is 8.43. The molecular formula is C17H26ClN3O3S. The predicted molar refractivity (Wildman–Crippen MR) is 102 cm³/mol. The fraction of sp³-hybridized carbons (Fsp3) is 0.588. The number of hydrogen-bond acceptors (Lipinski definition) is 4. The molecule has 1 unspecified atom stereocenters. The van der Waals surface area contributed by atoms with E-state index in [0.717, 1.165) is 43.4 Å². The maximum Gasteiger partial charge on any atom is 0.243 e. The number of carbonyl (C=O) groups is 1. The number of sulfonamides is 1. The van der Waals surface area contributed by atoms with Crippen LogP contribution >= 0.6 is 12.4 Å². The van der Waals surface area contributed by atoms with Crippen LogP contribution in [0.1, 0.15) is 37.7 Å². The van der Waals surface area contributed by atoms with Crippen molar-refractivity contribution in [1.29, 1.82) is 0 Å². The van der Waals surface area contributed by atoms with E-state index in [1.165, 1.54) is 6.26 Å². The quantitative estimate of drug-likeness (QED) is 0.801. The minimum absolute atomic E-state index is 0. The average molecular weight is 388 g/mol. The summed E-state index contributed by atoms with van der Waals surface area (Å²) >= 11 is 0. The molecule has 3 rings (SSSR count). The SMILES string of the molecule is CS(=O)(=O)NCC1(c2ccc(N3CCCC(N)C3=O)cc2)CCC1.Cl. The lowest BCUT2D eigenvalue weighted by Crippen LogP contribution is -2.48. The van der Waals surface area contributed by atoms with Crippen LogP contribution in [0.3, 0.4) is 0 Å². The number of rotatable bonds is 5. The molecule has 1 saturated carbocycles. The minimum atomic E-state index is -3.20. The van der Waals surface area contributed by atoms with Crippen LogP contribution in [0.4, 0.5) is 5.69 Å². The molecular weight excluding hydrogens is 362 g/mol. The molecule has 1 aliphatic heterocycles. The number of hydrogen-bond donors (Lipinski definition) is 2. The van der Waals surface area contributed by atoms with E-state index >= 15 is 0 Å². The lowest BCUT2D eigenvalue weighted by molar-refractivity contribution is -0.120. The number of benzene rings is 1. The van der Waals surface area contributed by atoms with Crippen molar-refractivity contribution >= 4 is 34.0 Å². The molecule has 0 radical (unpaired) electrons. The second kappa shape index (κ2) is 7.61. The Morgan fingerprint density at radius 2 is 1.88 bits per heavy atom. The Bertz CT molecular complexity index is 717. The number of halogens is 1. The van der Waals surface area contributed by atoms with Gasteiger partial charge in [-0.25, -0.2) is 13.1 Å². The summed E-state index contributed by atoms with van der Waals surface area (Å²) in [6, 6.07) is 7.53.